The molecule has 33 nitrogen and oxygen atoms in total. The molecule has 1 aliphatic rings. The highest BCUT2D eigenvalue weighted by Crippen LogP contribution is 2.20. The molecule has 13 atom stereocenters. The minimum Gasteiger partial charge on any atom is -0.480 e. The van der Waals surface area contributed by atoms with Crippen molar-refractivity contribution in [1.82, 2.24) is 68.0 Å². The molecular formula is C58H90N16O17. The molecule has 1 aromatic heterocycles. The van der Waals surface area contributed by atoms with Gasteiger partial charge >= 0.3 is 5.97 Å². The van der Waals surface area contributed by atoms with Crippen LogP contribution in [0.25, 0.3) is 0 Å². The molecule has 504 valence electrons. The van der Waals surface area contributed by atoms with Crippen LogP contribution in [-0.4, -0.2) is 205 Å². The van der Waals surface area contributed by atoms with Crippen molar-refractivity contribution in [3.8, 4) is 0 Å². The van der Waals surface area contributed by atoms with E-state index in [4.69, 9.17) is 17.2 Å². The lowest BCUT2D eigenvalue weighted by molar-refractivity contribution is -0.143. The lowest BCUT2D eigenvalue weighted by atomic mass is 10.0. The number of amides is 13. The minimum atomic E-state index is -1.82. The van der Waals surface area contributed by atoms with Gasteiger partial charge in [-0.2, -0.15) is 0 Å². The zero-order valence-electron chi connectivity index (χ0n) is 52.4. The van der Waals surface area contributed by atoms with Crippen LogP contribution < -0.4 is 70.4 Å². The van der Waals surface area contributed by atoms with E-state index in [1.807, 2.05) is 0 Å². The van der Waals surface area contributed by atoms with Crippen molar-refractivity contribution in [1.29, 1.82) is 0 Å². The Hall–Kier alpha value is -9.11. The number of benzene rings is 1. The number of aromatic amines is 1. The number of H-pyrrole nitrogens is 1. The van der Waals surface area contributed by atoms with Gasteiger partial charge in [-0.1, -0.05) is 58.0 Å². The molecule has 0 spiro atoms. The number of nitrogens with zero attached hydrogens (tertiary/aromatic N) is 2. The van der Waals surface area contributed by atoms with Gasteiger partial charge in [0.25, 0.3) is 0 Å². The van der Waals surface area contributed by atoms with Gasteiger partial charge < -0.3 is 95.6 Å². The van der Waals surface area contributed by atoms with Gasteiger partial charge in [0.05, 0.1) is 25.1 Å². The largest absolute Gasteiger partial charge is 0.480 e. The van der Waals surface area contributed by atoms with Crippen LogP contribution in [0, 0.1) is 11.8 Å². The van der Waals surface area contributed by atoms with Crippen molar-refractivity contribution in [2.75, 3.05) is 13.2 Å². The number of hydrogen-bond donors (Lipinski definition) is 17. The van der Waals surface area contributed by atoms with Crippen LogP contribution in [0.3, 0.4) is 0 Å². The number of primary amides is 2. The second-order valence-corrected chi connectivity index (χ2v) is 23.4. The first-order valence-corrected chi connectivity index (χ1v) is 29.9. The van der Waals surface area contributed by atoms with Crippen LogP contribution in [0.15, 0.2) is 42.9 Å². The smallest absolute Gasteiger partial charge is 0.326 e. The number of imidazole rings is 1. The molecule has 0 saturated carbocycles. The van der Waals surface area contributed by atoms with Crippen LogP contribution >= 0.6 is 0 Å². The van der Waals surface area contributed by atoms with Gasteiger partial charge in [0.15, 0.2) is 0 Å². The standard InChI is InChI=1S/C58H90N16O17/c1-28(2)21-38(52(84)72-42(26-75)54(86)71-41(58(90)91)22-29(3)4)69-50(82)37(17-19-45(61)78)67-53(85)40(24-35-25-62-27-63-35)70-56(88)46(33(8)76)73-55(87)43-15-12-20-74(43)57(89)32(7)65-49(81)36(16-18-44(60)77)66-48(80)31(6)64-51(83)39(68-47(79)30(5)59)23-34-13-10-9-11-14-34/h9-11,13-14,25,27-33,36-43,46,75-76H,12,15-24,26,59H2,1-8H3,(H2,60,77)(H2,61,78)(H,62,63)(H,64,83)(H,65,81)(H,66,80)(H,67,85)(H,68,79)(H,69,82)(H,70,88)(H,71,86)(H,72,84)(H,73,87)(H,90,91)/t30-,31-,32-,33+,36-,37-,38-,39-,40-,41-,42-,43-,46-/m0/s1. The Balaban J connectivity index is 1.80. The topological polar surface area (TPSA) is 530 Å². The van der Waals surface area contributed by atoms with Crippen molar-refractivity contribution in [3.05, 3.63) is 54.1 Å². The zero-order valence-corrected chi connectivity index (χ0v) is 52.4. The Labute approximate surface area is 526 Å². The third-order valence-electron chi connectivity index (χ3n) is 14.4. The molecule has 0 aliphatic carbocycles. The highest BCUT2D eigenvalue weighted by atomic mass is 16.4. The number of nitrogens with two attached hydrogens (primary N) is 3. The fraction of sp³-hybridized carbons (Fsp3) is 0.603. The lowest BCUT2D eigenvalue weighted by Crippen LogP contribution is -2.62. The summed E-state index contributed by atoms with van der Waals surface area (Å²) in [5, 5.41) is 55.2. The third kappa shape index (κ3) is 25.7. The molecule has 2 aromatic rings. The number of aliphatic hydroxyl groups is 2. The summed E-state index contributed by atoms with van der Waals surface area (Å²) < 4.78 is 0. The molecule has 0 radical (unpaired) electrons. The van der Waals surface area contributed by atoms with Crippen molar-refractivity contribution in [3.63, 3.8) is 0 Å². The van der Waals surface area contributed by atoms with Crippen molar-refractivity contribution >= 4 is 82.8 Å². The van der Waals surface area contributed by atoms with E-state index in [0.717, 1.165) is 11.8 Å². The lowest BCUT2D eigenvalue weighted by Gasteiger charge is -2.30. The number of aromatic nitrogens is 2. The van der Waals surface area contributed by atoms with E-state index in [-0.39, 0.29) is 69.0 Å². The van der Waals surface area contributed by atoms with Gasteiger partial charge in [0, 0.05) is 44.1 Å². The fourth-order valence-electron chi connectivity index (χ4n) is 9.50. The molecule has 2 heterocycles. The van der Waals surface area contributed by atoms with Gasteiger partial charge in [0.2, 0.25) is 76.8 Å². The number of likely N-dealkylation sites (tertiary alicyclic amines) is 1. The quantitative estimate of drug-likeness (QED) is 0.0298. The fourth-order valence-corrected chi connectivity index (χ4v) is 9.50. The monoisotopic (exact) mass is 1280 g/mol. The highest BCUT2D eigenvalue weighted by molar-refractivity contribution is 6.00. The highest BCUT2D eigenvalue weighted by Gasteiger charge is 2.41. The maximum absolute atomic E-state index is 14.3. The summed E-state index contributed by atoms with van der Waals surface area (Å²) in [5.74, 6) is -13.7. The van der Waals surface area contributed by atoms with Gasteiger partial charge in [-0.25, -0.2) is 9.78 Å². The summed E-state index contributed by atoms with van der Waals surface area (Å²) >= 11 is 0. The van der Waals surface area contributed by atoms with Crippen LogP contribution in [0.1, 0.15) is 118 Å². The number of carboxylic acid groups (broad SMARTS) is 1. The molecule has 1 saturated heterocycles. The third-order valence-corrected chi connectivity index (χ3v) is 14.4. The van der Waals surface area contributed by atoms with Crippen LogP contribution in [0.2, 0.25) is 0 Å². The van der Waals surface area contributed by atoms with Gasteiger partial charge in [-0.05, 0) is 83.6 Å². The number of rotatable bonds is 38. The summed E-state index contributed by atoms with van der Waals surface area (Å²) in [6.07, 6.45) is -0.852. The van der Waals surface area contributed by atoms with Crippen LogP contribution in [0.4, 0.5) is 0 Å². The molecule has 1 fully saturated rings. The van der Waals surface area contributed by atoms with E-state index >= 15 is 0 Å². The summed E-state index contributed by atoms with van der Waals surface area (Å²) in [7, 11) is 0. The Morgan fingerprint density at radius 1 is 0.571 bits per heavy atom. The summed E-state index contributed by atoms with van der Waals surface area (Å²) in [6.45, 7) is 11.0. The normalized spacial score (nSPS) is 16.8. The maximum Gasteiger partial charge on any atom is 0.326 e. The van der Waals surface area contributed by atoms with E-state index < -0.39 is 187 Å². The second kappa shape index (κ2) is 37.1. The van der Waals surface area contributed by atoms with Crippen LogP contribution in [-0.2, 0) is 80.0 Å². The number of hydrogen-bond acceptors (Lipinski definition) is 18. The number of nitrogens with one attached hydrogen (secondary N) is 11. The number of carbonyl (C=O) groups excluding carboxylic acids is 13. The minimum absolute atomic E-state index is 0.0225. The molecule has 91 heavy (non-hydrogen) atoms. The number of carboxylic acids is 1. The van der Waals surface area contributed by atoms with E-state index in [1.54, 1.807) is 58.0 Å². The molecule has 13 amide bonds. The summed E-state index contributed by atoms with van der Waals surface area (Å²) in [4.78, 5) is 195. The second-order valence-electron chi connectivity index (χ2n) is 23.4. The number of aliphatic hydroxyl groups excluding tert-OH is 2. The van der Waals surface area contributed by atoms with Crippen LogP contribution in [0.5, 0.6) is 0 Å². The van der Waals surface area contributed by atoms with E-state index in [2.05, 4.69) is 63.1 Å². The molecular weight excluding hydrogens is 1190 g/mol. The first-order chi connectivity index (χ1) is 42.7. The van der Waals surface area contributed by atoms with Gasteiger partial charge in [0.1, 0.15) is 66.5 Å². The Bertz CT molecular complexity index is 2860. The molecule has 20 N–H and O–H groups in total. The van der Waals surface area contributed by atoms with Gasteiger partial charge in [-0.15, -0.1) is 0 Å². The molecule has 0 bridgehead atoms. The van der Waals surface area contributed by atoms with Crippen molar-refractivity contribution < 1.29 is 82.4 Å². The van der Waals surface area contributed by atoms with E-state index in [1.165, 1.54) is 33.3 Å². The van der Waals surface area contributed by atoms with Crippen molar-refractivity contribution in [2.24, 2.45) is 29.0 Å². The van der Waals surface area contributed by atoms with E-state index in [0.29, 0.717) is 5.56 Å². The molecule has 1 aromatic carbocycles. The average Bonchev–Trinajstić information content (AvgIpc) is 1.93. The Kier molecular flexibility index (Phi) is 31.1. The maximum atomic E-state index is 14.3. The number of aliphatic carboxylic acids is 1. The molecule has 0 unspecified atom stereocenters. The molecule has 3 rings (SSSR count). The first-order valence-electron chi connectivity index (χ1n) is 29.9. The Morgan fingerprint density at radius 3 is 1.56 bits per heavy atom. The van der Waals surface area contributed by atoms with Gasteiger partial charge in [-0.3, -0.25) is 62.3 Å². The average molecular weight is 1280 g/mol. The predicted octanol–water partition coefficient (Wildman–Crippen LogP) is -5.50. The number of carbonyl (C=O) groups is 14. The summed E-state index contributed by atoms with van der Waals surface area (Å²) in [5.41, 5.74) is 17.5. The first kappa shape index (κ1) is 76.1. The summed E-state index contributed by atoms with van der Waals surface area (Å²) in [6, 6.07) is -8.53. The van der Waals surface area contributed by atoms with Crippen molar-refractivity contribution in [2.45, 2.75) is 198 Å². The molecule has 33 heteroatoms. The molecule has 1 aliphatic heterocycles. The Morgan fingerprint density at radius 2 is 1.03 bits per heavy atom. The SMILES string of the molecule is CC(C)C[C@H](NC(=O)[C@H](CO)NC(=O)[C@H](CC(C)C)NC(=O)[C@H](CCC(N)=O)NC(=O)[C@H](Cc1cnc[nH]1)NC(=O)[C@@H](NC(=O)[C@@H]1CCCN1C(=O)[C@H](C)NC(=O)[C@H](CCC(N)=O)NC(=O)[C@H](C)NC(=O)[C@H](Cc1ccccc1)NC(=O)[C@H](C)N)[C@@H](C)O)C(=O)O. The zero-order chi connectivity index (χ0) is 68.4. The predicted molar refractivity (Wildman–Crippen MR) is 324 cm³/mol. The van der Waals surface area contributed by atoms with E-state index in [9.17, 15) is 82.4 Å².